The van der Waals surface area contributed by atoms with Crippen molar-refractivity contribution in [2.45, 2.75) is 46.1 Å². The highest BCUT2D eigenvalue weighted by Gasteiger charge is 2.22. The summed E-state index contributed by atoms with van der Waals surface area (Å²) in [6.07, 6.45) is 3.29. The highest BCUT2D eigenvalue weighted by molar-refractivity contribution is 14.0. The van der Waals surface area contributed by atoms with Crippen LogP contribution in [-0.4, -0.2) is 76.4 Å². The van der Waals surface area contributed by atoms with Crippen molar-refractivity contribution in [1.82, 2.24) is 15.5 Å². The SMILES string of the molecule is CN=C(NCCNC(=O)C(C)(C)C)N1CCC(OCCCOC)CC1.I. The van der Waals surface area contributed by atoms with Gasteiger partial charge in [0.15, 0.2) is 5.96 Å². The maximum Gasteiger partial charge on any atom is 0.225 e. The Kier molecular flexibility index (Phi) is 13.2. The second-order valence-corrected chi connectivity index (χ2v) is 7.38. The number of piperidine rings is 1. The molecule has 0 saturated carbocycles. The number of guanidine groups is 1. The number of likely N-dealkylation sites (tertiary alicyclic amines) is 1. The molecule has 0 aliphatic carbocycles. The molecule has 1 rings (SSSR count). The third-order valence-electron chi connectivity index (χ3n) is 4.17. The summed E-state index contributed by atoms with van der Waals surface area (Å²) in [5.74, 6) is 0.957. The molecule has 0 atom stereocenters. The monoisotopic (exact) mass is 484 g/mol. The Bertz CT molecular complexity index is 419. The largest absolute Gasteiger partial charge is 0.385 e. The number of aliphatic imine (C=N–C) groups is 1. The molecule has 7 nitrogen and oxygen atoms in total. The van der Waals surface area contributed by atoms with Gasteiger partial charge in [-0.3, -0.25) is 9.79 Å². The van der Waals surface area contributed by atoms with Crippen molar-refractivity contribution in [3.8, 4) is 0 Å². The van der Waals surface area contributed by atoms with E-state index in [0.29, 0.717) is 19.2 Å². The molecule has 2 N–H and O–H groups in total. The van der Waals surface area contributed by atoms with Gasteiger partial charge in [0.1, 0.15) is 0 Å². The normalized spacial score (nSPS) is 16.2. The van der Waals surface area contributed by atoms with Gasteiger partial charge in [-0.25, -0.2) is 0 Å². The van der Waals surface area contributed by atoms with Gasteiger partial charge < -0.3 is 25.0 Å². The quantitative estimate of drug-likeness (QED) is 0.238. The van der Waals surface area contributed by atoms with Crippen LogP contribution < -0.4 is 10.6 Å². The van der Waals surface area contributed by atoms with Crippen molar-refractivity contribution in [1.29, 1.82) is 0 Å². The van der Waals surface area contributed by atoms with E-state index in [9.17, 15) is 4.79 Å². The fourth-order valence-electron chi connectivity index (χ4n) is 2.64. The van der Waals surface area contributed by atoms with Gasteiger partial charge in [-0.2, -0.15) is 0 Å². The van der Waals surface area contributed by atoms with Gasteiger partial charge in [-0.1, -0.05) is 20.8 Å². The fraction of sp³-hybridized carbons (Fsp3) is 0.889. The van der Waals surface area contributed by atoms with E-state index in [1.54, 1.807) is 14.2 Å². The molecule has 0 unspecified atom stereocenters. The first-order chi connectivity index (χ1) is 11.9. The van der Waals surface area contributed by atoms with Crippen LogP contribution in [0, 0.1) is 5.41 Å². The first-order valence-corrected chi connectivity index (χ1v) is 9.23. The Morgan fingerprint density at radius 3 is 2.31 bits per heavy atom. The van der Waals surface area contributed by atoms with Crippen LogP contribution >= 0.6 is 24.0 Å². The van der Waals surface area contributed by atoms with Crippen LogP contribution in [0.2, 0.25) is 0 Å². The number of carbonyl (C=O) groups excluding carboxylic acids is 1. The van der Waals surface area contributed by atoms with Crippen LogP contribution in [0.1, 0.15) is 40.0 Å². The van der Waals surface area contributed by atoms with E-state index in [4.69, 9.17) is 9.47 Å². The molecule has 0 aromatic rings. The number of halogens is 1. The number of nitrogens with one attached hydrogen (secondary N) is 2. The number of carbonyl (C=O) groups is 1. The van der Waals surface area contributed by atoms with Crippen LogP contribution in [0.3, 0.4) is 0 Å². The van der Waals surface area contributed by atoms with E-state index in [2.05, 4.69) is 20.5 Å². The van der Waals surface area contributed by atoms with Crippen molar-refractivity contribution in [2.24, 2.45) is 10.4 Å². The van der Waals surface area contributed by atoms with Crippen LogP contribution in [0.4, 0.5) is 0 Å². The van der Waals surface area contributed by atoms with E-state index in [0.717, 1.165) is 51.5 Å². The minimum Gasteiger partial charge on any atom is -0.385 e. The Balaban J connectivity index is 0.00000625. The molecular weight excluding hydrogens is 447 g/mol. The van der Waals surface area contributed by atoms with E-state index in [-0.39, 0.29) is 35.3 Å². The predicted octanol–water partition coefficient (Wildman–Crippen LogP) is 1.86. The van der Waals surface area contributed by atoms with Crippen molar-refractivity contribution in [2.75, 3.05) is 53.6 Å². The third-order valence-corrected chi connectivity index (χ3v) is 4.17. The number of methoxy groups -OCH3 is 1. The summed E-state index contributed by atoms with van der Waals surface area (Å²) in [6.45, 7) is 10.4. The van der Waals surface area contributed by atoms with E-state index >= 15 is 0 Å². The molecule has 0 aromatic carbocycles. The summed E-state index contributed by atoms with van der Waals surface area (Å²) in [4.78, 5) is 18.4. The van der Waals surface area contributed by atoms with Crippen molar-refractivity contribution in [3.63, 3.8) is 0 Å². The summed E-state index contributed by atoms with van der Waals surface area (Å²) in [5.41, 5.74) is -0.354. The van der Waals surface area contributed by atoms with E-state index in [1.807, 2.05) is 20.8 Å². The van der Waals surface area contributed by atoms with E-state index in [1.165, 1.54) is 0 Å². The van der Waals surface area contributed by atoms with Gasteiger partial charge in [0.2, 0.25) is 5.91 Å². The summed E-state index contributed by atoms with van der Waals surface area (Å²) in [6, 6.07) is 0. The zero-order chi connectivity index (χ0) is 18.7. The minimum absolute atomic E-state index is 0. The highest BCUT2D eigenvalue weighted by Crippen LogP contribution is 2.14. The topological polar surface area (TPSA) is 75.2 Å². The zero-order valence-electron chi connectivity index (χ0n) is 17.0. The van der Waals surface area contributed by atoms with Crippen molar-refractivity contribution in [3.05, 3.63) is 0 Å². The lowest BCUT2D eigenvalue weighted by Gasteiger charge is -2.34. The summed E-state index contributed by atoms with van der Waals surface area (Å²) < 4.78 is 10.9. The molecule has 1 saturated heterocycles. The van der Waals surface area contributed by atoms with Gasteiger partial charge >= 0.3 is 0 Å². The molecule has 0 spiro atoms. The maximum absolute atomic E-state index is 11.8. The molecule has 154 valence electrons. The van der Waals surface area contributed by atoms with Crippen LogP contribution in [-0.2, 0) is 14.3 Å². The molecule has 0 aromatic heterocycles. The number of ether oxygens (including phenoxy) is 2. The molecule has 0 radical (unpaired) electrons. The molecule has 1 amide bonds. The second-order valence-electron chi connectivity index (χ2n) is 7.38. The van der Waals surface area contributed by atoms with Gasteiger partial charge in [-0.05, 0) is 19.3 Å². The van der Waals surface area contributed by atoms with Crippen LogP contribution in [0.15, 0.2) is 4.99 Å². The Morgan fingerprint density at radius 1 is 1.15 bits per heavy atom. The summed E-state index contributed by atoms with van der Waals surface area (Å²) >= 11 is 0. The number of hydrogen-bond acceptors (Lipinski definition) is 4. The first-order valence-electron chi connectivity index (χ1n) is 9.23. The predicted molar refractivity (Wildman–Crippen MR) is 116 cm³/mol. The van der Waals surface area contributed by atoms with Crippen molar-refractivity contribution < 1.29 is 14.3 Å². The molecule has 1 heterocycles. The maximum atomic E-state index is 11.8. The lowest BCUT2D eigenvalue weighted by molar-refractivity contribution is -0.128. The van der Waals surface area contributed by atoms with Gasteiger partial charge in [0.05, 0.1) is 6.10 Å². The lowest BCUT2D eigenvalue weighted by atomic mass is 9.96. The molecule has 1 fully saturated rings. The fourth-order valence-corrected chi connectivity index (χ4v) is 2.64. The minimum atomic E-state index is -0.354. The standard InChI is InChI=1S/C18H36N4O3.HI/c1-18(2,3)16(23)20-9-10-21-17(19-4)22-11-7-15(8-12-22)25-14-6-13-24-5;/h15H,6-14H2,1-5H3,(H,19,21)(H,20,23);1H. The van der Waals surface area contributed by atoms with E-state index < -0.39 is 0 Å². The number of rotatable bonds is 8. The first kappa shape index (κ1) is 25.4. The van der Waals surface area contributed by atoms with Crippen LogP contribution in [0.25, 0.3) is 0 Å². The molecular formula is C18H37IN4O3. The van der Waals surface area contributed by atoms with Crippen molar-refractivity contribution >= 4 is 35.8 Å². The Labute approximate surface area is 175 Å². The lowest BCUT2D eigenvalue weighted by Crippen LogP contribution is -2.49. The molecule has 26 heavy (non-hydrogen) atoms. The number of nitrogens with zero attached hydrogens (tertiary/aromatic N) is 2. The third kappa shape index (κ3) is 9.91. The summed E-state index contributed by atoms with van der Waals surface area (Å²) in [5, 5.41) is 6.26. The molecule has 1 aliphatic heterocycles. The van der Waals surface area contributed by atoms with Gasteiger partial charge in [-0.15, -0.1) is 24.0 Å². The number of hydrogen-bond donors (Lipinski definition) is 2. The zero-order valence-corrected chi connectivity index (χ0v) is 19.3. The molecule has 1 aliphatic rings. The van der Waals surface area contributed by atoms with Crippen LogP contribution in [0.5, 0.6) is 0 Å². The average molecular weight is 484 g/mol. The molecule has 8 heteroatoms. The smallest absolute Gasteiger partial charge is 0.225 e. The second kappa shape index (κ2) is 13.5. The molecule has 0 bridgehead atoms. The van der Waals surface area contributed by atoms with Gasteiger partial charge in [0, 0.05) is 59.0 Å². The Morgan fingerprint density at radius 2 is 1.77 bits per heavy atom. The summed E-state index contributed by atoms with van der Waals surface area (Å²) in [7, 11) is 3.51. The number of amides is 1. The van der Waals surface area contributed by atoms with Gasteiger partial charge in [0.25, 0.3) is 0 Å². The Hall–Kier alpha value is -0.610. The average Bonchev–Trinajstić information content (AvgIpc) is 2.58. The highest BCUT2D eigenvalue weighted by atomic mass is 127.